The van der Waals surface area contributed by atoms with E-state index in [1.54, 1.807) is 17.0 Å². The van der Waals surface area contributed by atoms with Crippen molar-refractivity contribution in [3.05, 3.63) is 17.7 Å². The van der Waals surface area contributed by atoms with Crippen LogP contribution in [0, 0.1) is 0 Å². The van der Waals surface area contributed by atoms with Gasteiger partial charge in [0.1, 0.15) is 11.5 Å². The zero-order valence-electron chi connectivity index (χ0n) is 11.0. The van der Waals surface area contributed by atoms with E-state index in [4.69, 9.17) is 15.2 Å². The van der Waals surface area contributed by atoms with Gasteiger partial charge in [-0.2, -0.15) is 0 Å². The van der Waals surface area contributed by atoms with E-state index in [-0.39, 0.29) is 11.6 Å². The Morgan fingerprint density at radius 3 is 2.68 bits per heavy atom. The number of likely N-dealkylation sites (tertiary alicyclic amines) is 1. The van der Waals surface area contributed by atoms with Crippen LogP contribution in [0.4, 0.5) is 5.69 Å². The van der Waals surface area contributed by atoms with Crippen LogP contribution in [-0.2, 0) is 0 Å². The molecule has 104 valence electrons. The van der Waals surface area contributed by atoms with Gasteiger partial charge >= 0.3 is 0 Å². The minimum atomic E-state index is -0.460. The van der Waals surface area contributed by atoms with Crippen LogP contribution in [0.25, 0.3) is 0 Å². The molecule has 0 spiro atoms. The highest BCUT2D eigenvalue weighted by Gasteiger charge is 2.27. The van der Waals surface area contributed by atoms with Gasteiger partial charge in [0, 0.05) is 19.2 Å². The SMILES string of the molecule is COc1cc(OC)c(N)c(C(=O)N2CC[C@H](O)C2)c1. The number of carbonyl (C=O) groups is 1. The Labute approximate surface area is 111 Å². The molecule has 1 atom stereocenters. The number of hydrogen-bond acceptors (Lipinski definition) is 5. The second kappa shape index (κ2) is 5.36. The van der Waals surface area contributed by atoms with Crippen molar-refractivity contribution in [1.29, 1.82) is 0 Å². The molecule has 1 heterocycles. The van der Waals surface area contributed by atoms with E-state index in [0.717, 1.165) is 0 Å². The van der Waals surface area contributed by atoms with Gasteiger partial charge in [-0.15, -0.1) is 0 Å². The van der Waals surface area contributed by atoms with Crippen LogP contribution in [0.15, 0.2) is 12.1 Å². The number of hydrogen-bond donors (Lipinski definition) is 2. The highest BCUT2D eigenvalue weighted by Crippen LogP contribution is 2.32. The maximum absolute atomic E-state index is 12.4. The van der Waals surface area contributed by atoms with Crippen molar-refractivity contribution < 1.29 is 19.4 Å². The van der Waals surface area contributed by atoms with E-state index >= 15 is 0 Å². The molecule has 1 aromatic rings. The fourth-order valence-electron chi connectivity index (χ4n) is 2.16. The van der Waals surface area contributed by atoms with Gasteiger partial charge in [-0.1, -0.05) is 0 Å². The van der Waals surface area contributed by atoms with Gasteiger partial charge in [-0.25, -0.2) is 0 Å². The van der Waals surface area contributed by atoms with Crippen molar-refractivity contribution in [3.8, 4) is 11.5 Å². The summed E-state index contributed by atoms with van der Waals surface area (Å²) in [5, 5.41) is 9.49. The van der Waals surface area contributed by atoms with Crippen molar-refractivity contribution in [1.82, 2.24) is 4.90 Å². The molecule has 1 aliphatic heterocycles. The van der Waals surface area contributed by atoms with Crippen molar-refractivity contribution in [2.24, 2.45) is 0 Å². The van der Waals surface area contributed by atoms with Crippen LogP contribution in [0.2, 0.25) is 0 Å². The zero-order valence-corrected chi connectivity index (χ0v) is 11.0. The highest BCUT2D eigenvalue weighted by atomic mass is 16.5. The topological polar surface area (TPSA) is 85.0 Å². The first-order valence-corrected chi connectivity index (χ1v) is 6.05. The number of β-amino-alcohol motifs (C(OH)–C–C–N with tert-alkyl or cyclic N) is 1. The monoisotopic (exact) mass is 266 g/mol. The van der Waals surface area contributed by atoms with E-state index in [0.29, 0.717) is 36.6 Å². The second-order valence-electron chi connectivity index (χ2n) is 4.48. The number of aliphatic hydroxyl groups excluding tert-OH is 1. The molecule has 0 bridgehead atoms. The fourth-order valence-corrected chi connectivity index (χ4v) is 2.16. The summed E-state index contributed by atoms with van der Waals surface area (Å²) in [5.74, 6) is 0.697. The molecule has 2 rings (SSSR count). The van der Waals surface area contributed by atoms with E-state index in [9.17, 15) is 9.90 Å². The Kier molecular flexibility index (Phi) is 3.80. The van der Waals surface area contributed by atoms with E-state index in [1.807, 2.05) is 0 Å². The normalized spacial score (nSPS) is 18.5. The number of ether oxygens (including phenoxy) is 2. The molecule has 0 aliphatic carbocycles. The number of nitrogen functional groups attached to an aromatic ring is 1. The van der Waals surface area contributed by atoms with Gasteiger partial charge in [0.05, 0.1) is 31.6 Å². The van der Waals surface area contributed by atoms with Crippen LogP contribution in [-0.4, -0.2) is 49.3 Å². The molecule has 0 aromatic heterocycles. The smallest absolute Gasteiger partial charge is 0.256 e. The van der Waals surface area contributed by atoms with Crippen molar-refractivity contribution >= 4 is 11.6 Å². The summed E-state index contributed by atoms with van der Waals surface area (Å²) in [6, 6.07) is 3.22. The Bertz CT molecular complexity index is 490. The first-order chi connectivity index (χ1) is 9.06. The third-order valence-electron chi connectivity index (χ3n) is 3.25. The van der Waals surface area contributed by atoms with Gasteiger partial charge in [-0.3, -0.25) is 4.79 Å². The van der Waals surface area contributed by atoms with Crippen LogP contribution in [0.3, 0.4) is 0 Å². The third kappa shape index (κ3) is 2.58. The molecule has 1 saturated heterocycles. The van der Waals surface area contributed by atoms with Crippen LogP contribution in [0.1, 0.15) is 16.8 Å². The summed E-state index contributed by atoms with van der Waals surface area (Å²) in [4.78, 5) is 14.0. The molecule has 6 heteroatoms. The van der Waals surface area contributed by atoms with E-state index in [1.165, 1.54) is 14.2 Å². The standard InChI is InChI=1S/C13H18N2O4/c1-18-9-5-10(12(14)11(6-9)19-2)13(17)15-4-3-8(16)7-15/h5-6,8,16H,3-4,7,14H2,1-2H3/t8-/m0/s1. The molecular formula is C13H18N2O4. The van der Waals surface area contributed by atoms with Gasteiger partial charge in [-0.05, 0) is 12.5 Å². The first-order valence-electron chi connectivity index (χ1n) is 6.05. The summed E-state index contributed by atoms with van der Waals surface area (Å²) in [5.41, 5.74) is 6.56. The maximum Gasteiger partial charge on any atom is 0.256 e. The summed E-state index contributed by atoms with van der Waals surface area (Å²) >= 11 is 0. The maximum atomic E-state index is 12.4. The molecule has 6 nitrogen and oxygen atoms in total. The van der Waals surface area contributed by atoms with Crippen LogP contribution < -0.4 is 15.2 Å². The van der Waals surface area contributed by atoms with Crippen molar-refractivity contribution in [3.63, 3.8) is 0 Å². The lowest BCUT2D eigenvalue weighted by Crippen LogP contribution is -2.30. The average molecular weight is 266 g/mol. The Hall–Kier alpha value is -1.95. The molecule has 3 N–H and O–H groups in total. The largest absolute Gasteiger partial charge is 0.497 e. The fraction of sp³-hybridized carbons (Fsp3) is 0.462. The summed E-state index contributed by atoms with van der Waals surface area (Å²) in [7, 11) is 3.00. The van der Waals surface area contributed by atoms with Gasteiger partial charge < -0.3 is 25.2 Å². The quantitative estimate of drug-likeness (QED) is 0.778. The van der Waals surface area contributed by atoms with Crippen molar-refractivity contribution in [2.45, 2.75) is 12.5 Å². The number of nitrogens with two attached hydrogens (primary N) is 1. The minimum Gasteiger partial charge on any atom is -0.497 e. The third-order valence-corrected chi connectivity index (χ3v) is 3.25. The molecule has 1 fully saturated rings. The number of nitrogens with zero attached hydrogens (tertiary/aromatic N) is 1. The molecule has 0 unspecified atom stereocenters. The van der Waals surface area contributed by atoms with Crippen molar-refractivity contribution in [2.75, 3.05) is 33.0 Å². The molecule has 19 heavy (non-hydrogen) atoms. The first kappa shape index (κ1) is 13.5. The van der Waals surface area contributed by atoms with Crippen LogP contribution in [0.5, 0.6) is 11.5 Å². The predicted octanol–water partition coefficient (Wildman–Crippen LogP) is 0.493. The molecule has 0 saturated carbocycles. The lowest BCUT2D eigenvalue weighted by molar-refractivity contribution is 0.0765. The number of anilines is 1. The number of rotatable bonds is 3. The Balaban J connectivity index is 2.35. The lowest BCUT2D eigenvalue weighted by atomic mass is 10.1. The lowest BCUT2D eigenvalue weighted by Gasteiger charge is -2.18. The highest BCUT2D eigenvalue weighted by molar-refractivity contribution is 6.01. The zero-order chi connectivity index (χ0) is 14.0. The van der Waals surface area contributed by atoms with Gasteiger partial charge in [0.2, 0.25) is 0 Å². The number of benzene rings is 1. The summed E-state index contributed by atoms with van der Waals surface area (Å²) < 4.78 is 10.3. The summed E-state index contributed by atoms with van der Waals surface area (Å²) in [6.45, 7) is 0.858. The summed E-state index contributed by atoms with van der Waals surface area (Å²) in [6.07, 6.45) is 0.130. The Morgan fingerprint density at radius 2 is 2.16 bits per heavy atom. The molecule has 1 amide bonds. The molecule has 0 radical (unpaired) electrons. The number of carbonyl (C=O) groups excluding carboxylic acids is 1. The van der Waals surface area contributed by atoms with Crippen LogP contribution >= 0.6 is 0 Å². The van der Waals surface area contributed by atoms with Gasteiger partial charge in [0.25, 0.3) is 5.91 Å². The number of aliphatic hydroxyl groups is 1. The van der Waals surface area contributed by atoms with Gasteiger partial charge in [0.15, 0.2) is 0 Å². The second-order valence-corrected chi connectivity index (χ2v) is 4.48. The van der Waals surface area contributed by atoms with E-state index < -0.39 is 6.10 Å². The number of methoxy groups -OCH3 is 2. The molecular weight excluding hydrogens is 248 g/mol. The average Bonchev–Trinajstić information content (AvgIpc) is 2.85. The molecule has 1 aromatic carbocycles. The minimum absolute atomic E-state index is 0.216. The van der Waals surface area contributed by atoms with E-state index in [2.05, 4.69) is 0 Å². The Morgan fingerprint density at radius 1 is 1.42 bits per heavy atom. The predicted molar refractivity (Wildman–Crippen MR) is 70.5 cm³/mol. The molecule has 1 aliphatic rings. The number of amides is 1.